The number of aryl methyl sites for hydroxylation is 1. The van der Waals surface area contributed by atoms with Crippen molar-refractivity contribution in [2.24, 2.45) is 0 Å². The molecule has 1 aromatic rings. The van der Waals surface area contributed by atoms with Crippen LogP contribution in [0.15, 0.2) is 11.4 Å². The van der Waals surface area contributed by atoms with Gasteiger partial charge in [-0.3, -0.25) is 0 Å². The Balaban J connectivity index is 2.31. The Morgan fingerprint density at radius 2 is 1.83 bits per heavy atom. The summed E-state index contributed by atoms with van der Waals surface area (Å²) in [5, 5.41) is 13.0. The summed E-state index contributed by atoms with van der Waals surface area (Å²) >= 11 is 1.70. The van der Waals surface area contributed by atoms with Crippen molar-refractivity contribution >= 4 is 11.3 Å². The first-order valence-electron chi connectivity index (χ1n) is 6.97. The van der Waals surface area contributed by atoms with E-state index in [9.17, 15) is 5.11 Å². The van der Waals surface area contributed by atoms with Gasteiger partial charge in [0.05, 0.1) is 5.54 Å². The maximum atomic E-state index is 10.9. The molecule has 1 aliphatic carbocycles. The highest BCUT2D eigenvalue weighted by Gasteiger charge is 2.41. The highest BCUT2D eigenvalue weighted by Crippen LogP contribution is 2.43. The molecule has 0 amide bonds. The van der Waals surface area contributed by atoms with E-state index in [-0.39, 0.29) is 11.6 Å². The van der Waals surface area contributed by atoms with Crippen LogP contribution in [-0.2, 0) is 0 Å². The van der Waals surface area contributed by atoms with Crippen molar-refractivity contribution in [3.63, 3.8) is 0 Å². The van der Waals surface area contributed by atoms with Crippen LogP contribution in [0.1, 0.15) is 55.1 Å². The van der Waals surface area contributed by atoms with Crippen LogP contribution >= 0.6 is 11.3 Å². The van der Waals surface area contributed by atoms with E-state index < -0.39 is 0 Å². The number of thiophene rings is 1. The van der Waals surface area contributed by atoms with Crippen molar-refractivity contribution in [1.82, 2.24) is 4.90 Å². The van der Waals surface area contributed by atoms with Crippen molar-refractivity contribution in [1.29, 1.82) is 0 Å². The fraction of sp³-hybridized carbons (Fsp3) is 0.733. The molecule has 1 aliphatic rings. The van der Waals surface area contributed by atoms with Crippen molar-refractivity contribution in [2.45, 2.75) is 57.1 Å². The quantitative estimate of drug-likeness (QED) is 0.843. The molecule has 18 heavy (non-hydrogen) atoms. The van der Waals surface area contributed by atoms with Gasteiger partial charge in [0.15, 0.2) is 0 Å². The number of aliphatic hydroxyl groups is 1. The fourth-order valence-corrected chi connectivity index (χ4v) is 4.24. The number of likely N-dealkylation sites (N-methyl/N-ethyl adjacent to an activating group) is 1. The third kappa shape index (κ3) is 2.49. The van der Waals surface area contributed by atoms with Crippen LogP contribution in [0.2, 0.25) is 0 Å². The van der Waals surface area contributed by atoms with Crippen LogP contribution in [0.4, 0.5) is 0 Å². The molecule has 1 saturated carbocycles. The predicted octanol–water partition coefficient (Wildman–Crippen LogP) is 3.74. The maximum Gasteiger partial charge on any atom is 0.107 e. The van der Waals surface area contributed by atoms with Crippen LogP contribution in [0.5, 0.6) is 0 Å². The van der Waals surface area contributed by atoms with E-state index in [4.69, 9.17) is 0 Å². The summed E-state index contributed by atoms with van der Waals surface area (Å²) in [6.45, 7) is 2.11. The molecule has 1 aromatic heterocycles. The molecule has 1 N–H and O–H groups in total. The summed E-state index contributed by atoms with van der Waals surface area (Å²) in [6, 6.07) is 2.11. The topological polar surface area (TPSA) is 23.5 Å². The fourth-order valence-electron chi connectivity index (χ4n) is 3.21. The Morgan fingerprint density at radius 1 is 1.22 bits per heavy atom. The Hall–Kier alpha value is -0.380. The Kier molecular flexibility index (Phi) is 4.46. The monoisotopic (exact) mass is 267 g/mol. The van der Waals surface area contributed by atoms with Crippen LogP contribution in [0.3, 0.4) is 0 Å². The zero-order valence-corrected chi connectivity index (χ0v) is 12.6. The van der Waals surface area contributed by atoms with Crippen molar-refractivity contribution in [3.8, 4) is 0 Å². The predicted molar refractivity (Wildman–Crippen MR) is 78.1 cm³/mol. The molecule has 0 aliphatic heterocycles. The molecule has 0 radical (unpaired) electrons. The zero-order chi connectivity index (χ0) is 13.2. The van der Waals surface area contributed by atoms with E-state index >= 15 is 0 Å². The standard InChI is InChI=1S/C15H25NOS/c1-12-8-11-18-13(12)14(17)15(16(2)3)9-6-4-5-7-10-15/h8,11,14,17H,4-7,9-10H2,1-3H3. The van der Waals surface area contributed by atoms with E-state index in [1.807, 2.05) is 0 Å². The molecule has 1 unspecified atom stereocenters. The first-order valence-corrected chi connectivity index (χ1v) is 7.85. The van der Waals surface area contributed by atoms with Gasteiger partial charge in [0.2, 0.25) is 0 Å². The first kappa shape index (κ1) is 14.0. The van der Waals surface area contributed by atoms with Gasteiger partial charge in [0.1, 0.15) is 6.10 Å². The Morgan fingerprint density at radius 3 is 2.28 bits per heavy atom. The minimum Gasteiger partial charge on any atom is -0.386 e. The lowest BCUT2D eigenvalue weighted by atomic mass is 9.82. The van der Waals surface area contributed by atoms with Gasteiger partial charge in [-0.1, -0.05) is 25.7 Å². The molecule has 1 heterocycles. The molecule has 1 fully saturated rings. The van der Waals surface area contributed by atoms with E-state index in [1.54, 1.807) is 11.3 Å². The van der Waals surface area contributed by atoms with Gasteiger partial charge in [0.25, 0.3) is 0 Å². The van der Waals surface area contributed by atoms with Crippen molar-refractivity contribution in [3.05, 3.63) is 21.9 Å². The summed E-state index contributed by atoms with van der Waals surface area (Å²) < 4.78 is 0. The Bertz CT molecular complexity index is 378. The third-order valence-electron chi connectivity index (χ3n) is 4.52. The molecule has 0 aromatic carbocycles. The molecule has 1 atom stereocenters. The molecule has 0 bridgehead atoms. The van der Waals surface area contributed by atoms with Crippen LogP contribution in [0, 0.1) is 6.92 Å². The Labute approximate surface area is 115 Å². The summed E-state index contributed by atoms with van der Waals surface area (Å²) in [6.07, 6.45) is 6.97. The second-order valence-electron chi connectivity index (χ2n) is 5.78. The minimum absolute atomic E-state index is 0.0634. The molecular formula is C15H25NOS. The lowest BCUT2D eigenvalue weighted by Crippen LogP contribution is -2.48. The van der Waals surface area contributed by atoms with E-state index in [2.05, 4.69) is 37.4 Å². The van der Waals surface area contributed by atoms with Crippen LogP contribution in [-0.4, -0.2) is 29.6 Å². The highest BCUT2D eigenvalue weighted by molar-refractivity contribution is 7.10. The van der Waals surface area contributed by atoms with Crippen LogP contribution < -0.4 is 0 Å². The van der Waals surface area contributed by atoms with Gasteiger partial charge in [-0.05, 0) is 50.9 Å². The SMILES string of the molecule is Cc1ccsc1C(O)C1(N(C)C)CCCCCC1. The molecule has 2 rings (SSSR count). The second-order valence-corrected chi connectivity index (χ2v) is 6.73. The van der Waals surface area contributed by atoms with E-state index in [0.717, 1.165) is 17.7 Å². The second kappa shape index (κ2) is 5.72. The van der Waals surface area contributed by atoms with Gasteiger partial charge in [0, 0.05) is 4.88 Å². The largest absolute Gasteiger partial charge is 0.386 e. The maximum absolute atomic E-state index is 10.9. The number of hydrogen-bond donors (Lipinski definition) is 1. The summed E-state index contributed by atoms with van der Waals surface area (Å²) in [5.41, 5.74) is 1.17. The molecule has 0 saturated heterocycles. The normalized spacial score (nSPS) is 21.8. The zero-order valence-electron chi connectivity index (χ0n) is 11.8. The number of hydrogen-bond acceptors (Lipinski definition) is 3. The first-order chi connectivity index (χ1) is 8.58. The number of rotatable bonds is 3. The van der Waals surface area contributed by atoms with Crippen molar-refractivity contribution < 1.29 is 5.11 Å². The minimum atomic E-state index is -0.342. The van der Waals surface area contributed by atoms with E-state index in [0.29, 0.717) is 0 Å². The molecule has 2 nitrogen and oxygen atoms in total. The highest BCUT2D eigenvalue weighted by atomic mass is 32.1. The van der Waals surface area contributed by atoms with E-state index in [1.165, 1.54) is 31.2 Å². The van der Waals surface area contributed by atoms with Crippen molar-refractivity contribution in [2.75, 3.05) is 14.1 Å². The summed E-state index contributed by atoms with van der Waals surface area (Å²) in [5.74, 6) is 0. The average molecular weight is 267 g/mol. The summed E-state index contributed by atoms with van der Waals surface area (Å²) in [4.78, 5) is 3.42. The van der Waals surface area contributed by atoms with Gasteiger partial charge in [-0.15, -0.1) is 11.3 Å². The molecular weight excluding hydrogens is 242 g/mol. The van der Waals surface area contributed by atoms with Gasteiger partial charge >= 0.3 is 0 Å². The van der Waals surface area contributed by atoms with Gasteiger partial charge in [-0.25, -0.2) is 0 Å². The lowest BCUT2D eigenvalue weighted by Gasteiger charge is -2.43. The third-order valence-corrected chi connectivity index (χ3v) is 5.59. The molecule has 102 valence electrons. The number of nitrogens with zero attached hydrogens (tertiary/aromatic N) is 1. The lowest BCUT2D eigenvalue weighted by molar-refractivity contribution is -0.0181. The van der Waals surface area contributed by atoms with Crippen LogP contribution in [0.25, 0.3) is 0 Å². The summed E-state index contributed by atoms with van der Waals surface area (Å²) in [7, 11) is 4.24. The number of aliphatic hydroxyl groups excluding tert-OH is 1. The average Bonchev–Trinajstić information content (AvgIpc) is 2.63. The smallest absolute Gasteiger partial charge is 0.107 e. The van der Waals surface area contributed by atoms with Gasteiger partial charge < -0.3 is 10.0 Å². The molecule has 3 heteroatoms. The molecule has 0 spiro atoms. The van der Waals surface area contributed by atoms with Gasteiger partial charge in [-0.2, -0.15) is 0 Å².